The lowest BCUT2D eigenvalue weighted by atomic mass is 9.80. The van der Waals surface area contributed by atoms with Crippen molar-refractivity contribution in [3.05, 3.63) is 146 Å². The molecule has 0 saturated carbocycles. The van der Waals surface area contributed by atoms with Crippen molar-refractivity contribution in [1.82, 2.24) is 63.3 Å². The molecule has 0 radical (unpaired) electrons. The minimum Gasteiger partial charge on any atom is -0.437 e. The summed E-state index contributed by atoms with van der Waals surface area (Å²) in [5.41, 5.74) is 8.51. The number of aliphatic hydroxyl groups excluding tert-OH is 1. The summed E-state index contributed by atoms with van der Waals surface area (Å²) in [7, 11) is 4.34. The van der Waals surface area contributed by atoms with Crippen molar-refractivity contribution in [1.29, 1.82) is 0 Å². The number of aryl methyl sites for hydroxylation is 2. The van der Waals surface area contributed by atoms with Crippen LogP contribution in [0.3, 0.4) is 0 Å². The first kappa shape index (κ1) is 104. The zero-order valence-corrected chi connectivity index (χ0v) is 79.6. The number of piperidine rings is 4. The van der Waals surface area contributed by atoms with Gasteiger partial charge in [0.2, 0.25) is 23.6 Å². The lowest BCUT2D eigenvalue weighted by molar-refractivity contribution is -0.143. The molecule has 4 aromatic carbocycles. The van der Waals surface area contributed by atoms with Crippen LogP contribution in [0.4, 0.5) is 24.0 Å². The van der Waals surface area contributed by atoms with Crippen LogP contribution < -0.4 is 5.56 Å². The number of rotatable bonds is 26. The van der Waals surface area contributed by atoms with Crippen LogP contribution in [0.5, 0.6) is 0 Å². The number of amides is 4. The number of aliphatic hydroxyl groups is 1. The first-order valence-corrected chi connectivity index (χ1v) is 47.2. The second kappa shape index (κ2) is 52.3. The van der Waals surface area contributed by atoms with Gasteiger partial charge in [-0.25, -0.2) is 33.3 Å². The fraction of sp³-hybridized carbons (Fsp3) is 0.568. The standard InChI is InChI=1S/C45H59N7O9.C42H54N6O6.C4H7ClO3.C2H2Cl2O2.C2H6O/c1-5-58-44(56)60-29-51-28-36-25-32(23-31(3)41(36)46-51)24-35(42(54)50-21-19-48(20-22-50)37-13-15-47(4)16-14-37)27-40(53)49-17-11-33(12-18-49)38-26-34-9-7-8-10-39(34)52(43(38)55)30-61-45(57)59-6-2;1-4-53-42(52)54-28-48-27-35-23-30(21-29(2)40(35)43-48)22-34(41(51)47-19-17-45(18-20-47)36-11-13-44(3)14-12-36)26-39(50)46-15-9-31(10-16-46)37-24-32-7-5-6-8-33(32)25-38(37)49;1-2-7-4(6)8-3-5;3-1-6-2(4)5;1-2-3/h7-10,23,25-26,28,33,35,37H,5-6,11-22,24,27,29-30H2,1-4H3;5-8,21,23-24,27,31,34,36H,4,9-20,22,25-26,28H2,1-3H3;2-3H2,1H3;1H2;3H,2H2,1H3/t35-;34-;;;/m00.../s1. The van der Waals surface area contributed by atoms with Crippen LogP contribution in [0.1, 0.15) is 144 Å². The maximum atomic E-state index is 14.5. The fourth-order valence-electron chi connectivity index (χ4n) is 18.3. The zero-order valence-electron chi connectivity index (χ0n) is 77.3. The van der Waals surface area contributed by atoms with Crippen molar-refractivity contribution in [2.45, 2.75) is 170 Å². The average molecular weight is 1890 g/mol. The number of halogens is 3. The minimum atomic E-state index is -0.870. The fourth-order valence-corrected chi connectivity index (χ4v) is 18.6. The Morgan fingerprint density at radius 3 is 1.30 bits per heavy atom. The Hall–Kier alpha value is -10.5. The highest BCUT2D eigenvalue weighted by molar-refractivity contribution is 6.61. The number of ketones is 1. The molecule has 132 heavy (non-hydrogen) atoms. The Kier molecular flexibility index (Phi) is 41.0. The molecule has 9 heterocycles. The molecule has 3 aromatic heterocycles. The molecule has 7 aromatic rings. The SMILES string of the molecule is CCO.CCOC(=O)OCCl.CCOC(=O)OCn1cc2cc(C[C@@H](CC(=O)N3CCC(C4=Cc5ccccc5CC4=O)CC3)C(=O)N3CCN(C4CCN(C)CC4)CC3)cc(C)c2n1.CCOC(=O)OCn1cc2cc(C[C@@H](CC(=O)N3CCC(c4cc5ccccc5n(COC(=O)OCC)c4=O)CC3)C(=O)N3CCN(C4CCN(C)CC4)CC3)cc(C)c2n1.O=C(Cl)OCCl. The molecule has 1 N–H and O–H groups in total. The number of carbonyl (C=O) groups is 10. The highest BCUT2D eigenvalue weighted by atomic mass is 35.5. The van der Waals surface area contributed by atoms with E-state index in [9.17, 15) is 52.7 Å². The molecule has 1 aliphatic carbocycles. The highest BCUT2D eigenvalue weighted by Crippen LogP contribution is 2.36. The molecule has 0 spiro atoms. The number of carbonyl (C=O) groups excluding carboxylic acids is 10. The van der Waals surface area contributed by atoms with Crippen molar-refractivity contribution in [2.24, 2.45) is 17.8 Å². The third kappa shape index (κ3) is 30.0. The van der Waals surface area contributed by atoms with Gasteiger partial charge in [0.15, 0.2) is 38.1 Å². The number of aromatic nitrogens is 5. The first-order chi connectivity index (χ1) is 63.6. The maximum Gasteiger partial charge on any atom is 0.510 e. The van der Waals surface area contributed by atoms with Crippen LogP contribution in [0.2, 0.25) is 0 Å². The molecule has 2 atom stereocenters. The number of ether oxygens (including phenoxy) is 9. The third-order valence-electron chi connectivity index (χ3n) is 25.0. The van der Waals surface area contributed by atoms with E-state index in [0.717, 1.165) is 157 Å². The van der Waals surface area contributed by atoms with E-state index in [0.29, 0.717) is 114 Å². The number of pyridine rings is 1. The number of Topliss-reactive ketones (excluding diaryl/α,β-unsaturated/α-hetero) is 1. The Morgan fingerprint density at radius 1 is 0.462 bits per heavy atom. The molecule has 7 aliphatic rings. The summed E-state index contributed by atoms with van der Waals surface area (Å²) in [6.07, 6.45) is 11.3. The minimum absolute atomic E-state index is 0.00667. The quantitative estimate of drug-likeness (QED) is 0.0228. The van der Waals surface area contributed by atoms with Gasteiger partial charge in [-0.05, 0) is 239 Å². The smallest absolute Gasteiger partial charge is 0.437 e. The molecule has 6 aliphatic heterocycles. The monoisotopic (exact) mass is 1890 g/mol. The Balaban J connectivity index is 0.000000234. The molecular formula is C95H128Cl3N13O21. The van der Waals surface area contributed by atoms with E-state index in [-0.39, 0.29) is 118 Å². The summed E-state index contributed by atoms with van der Waals surface area (Å²) >= 11 is 14.5. The Morgan fingerprint density at radius 2 is 0.871 bits per heavy atom. The summed E-state index contributed by atoms with van der Waals surface area (Å²) in [6.45, 7) is 25.5. The molecule has 4 amide bonds. The number of likely N-dealkylation sites (tertiary alicyclic amines) is 4. The van der Waals surface area contributed by atoms with Gasteiger partial charge in [0, 0.05) is 157 Å². The molecular weight excluding hydrogens is 1770 g/mol. The predicted molar refractivity (Wildman–Crippen MR) is 498 cm³/mol. The number of nitrogens with zero attached hydrogens (tertiary/aromatic N) is 13. The van der Waals surface area contributed by atoms with Crippen LogP contribution in [0.25, 0.3) is 38.8 Å². The topological polar surface area (TPSA) is 358 Å². The molecule has 37 heteroatoms. The zero-order chi connectivity index (χ0) is 94.9. The molecule has 720 valence electrons. The van der Waals surface area contributed by atoms with Gasteiger partial charge in [0.05, 0.1) is 54.8 Å². The van der Waals surface area contributed by atoms with Crippen LogP contribution in [-0.2, 0) is 106 Å². The normalized spacial score (nSPS) is 17.2. The van der Waals surface area contributed by atoms with E-state index in [1.54, 1.807) is 50.2 Å². The van der Waals surface area contributed by atoms with Crippen molar-refractivity contribution in [2.75, 3.05) is 164 Å². The summed E-state index contributed by atoms with van der Waals surface area (Å²) in [5, 5.41) is 19.3. The van der Waals surface area contributed by atoms with Gasteiger partial charge in [-0.3, -0.25) is 43.1 Å². The van der Waals surface area contributed by atoms with Gasteiger partial charge < -0.3 is 77.1 Å². The second-order valence-electron chi connectivity index (χ2n) is 33.8. The van der Waals surface area contributed by atoms with E-state index >= 15 is 0 Å². The van der Waals surface area contributed by atoms with E-state index in [4.69, 9.17) is 56.7 Å². The van der Waals surface area contributed by atoms with Crippen LogP contribution >= 0.6 is 34.8 Å². The van der Waals surface area contributed by atoms with E-state index in [1.165, 1.54) is 4.57 Å². The van der Waals surface area contributed by atoms with Gasteiger partial charge in [-0.15, -0.1) is 0 Å². The number of para-hydroxylation sites is 1. The lowest BCUT2D eigenvalue weighted by Gasteiger charge is -2.43. The van der Waals surface area contributed by atoms with Crippen molar-refractivity contribution in [3.63, 3.8) is 0 Å². The summed E-state index contributed by atoms with van der Waals surface area (Å²) in [5.74, 6) is -0.939. The number of alkyl halides is 2. The van der Waals surface area contributed by atoms with Crippen LogP contribution in [-0.4, -0.2) is 304 Å². The van der Waals surface area contributed by atoms with Crippen molar-refractivity contribution < 1.29 is 95.7 Å². The average Bonchev–Trinajstić information content (AvgIpc) is 0.995. The molecule has 6 saturated heterocycles. The number of fused-ring (bicyclic) bond motifs is 4. The highest BCUT2D eigenvalue weighted by Gasteiger charge is 2.39. The van der Waals surface area contributed by atoms with Crippen LogP contribution in [0.15, 0.2) is 102 Å². The first-order valence-electron chi connectivity index (χ1n) is 45.8. The van der Waals surface area contributed by atoms with Gasteiger partial charge in [0.25, 0.3) is 5.56 Å². The number of hydrogen-bond donors (Lipinski definition) is 1. The van der Waals surface area contributed by atoms with E-state index in [1.807, 2.05) is 112 Å². The van der Waals surface area contributed by atoms with Gasteiger partial charge in [-0.1, -0.05) is 77.8 Å². The summed E-state index contributed by atoms with van der Waals surface area (Å²) < 4.78 is 47.3. The maximum absolute atomic E-state index is 14.5. The summed E-state index contributed by atoms with van der Waals surface area (Å²) in [4.78, 5) is 157. The van der Waals surface area contributed by atoms with Crippen LogP contribution in [0, 0.1) is 31.6 Å². The molecule has 14 rings (SSSR count). The number of allylic oxidation sites excluding steroid dienone is 1. The van der Waals surface area contributed by atoms with Crippen molar-refractivity contribution in [3.8, 4) is 0 Å². The third-order valence-corrected chi connectivity index (χ3v) is 25.3. The van der Waals surface area contributed by atoms with Gasteiger partial charge in [0.1, 0.15) is 0 Å². The second-order valence-corrected chi connectivity index (χ2v) is 34.5. The summed E-state index contributed by atoms with van der Waals surface area (Å²) in [6, 6.07) is 26.3. The van der Waals surface area contributed by atoms with Gasteiger partial charge >= 0.3 is 30.0 Å². The molecule has 0 unspecified atom stereocenters. The number of hydrogen-bond acceptors (Lipinski definition) is 27. The van der Waals surface area contributed by atoms with Gasteiger partial charge in [-0.2, -0.15) is 10.2 Å². The largest absolute Gasteiger partial charge is 0.510 e. The predicted octanol–water partition coefficient (Wildman–Crippen LogP) is 12.7. The number of piperazine rings is 2. The Bertz CT molecular complexity index is 5110. The number of benzene rings is 4. The molecule has 34 nitrogen and oxygen atoms in total. The van der Waals surface area contributed by atoms with E-state index < -0.39 is 41.9 Å². The lowest BCUT2D eigenvalue weighted by Crippen LogP contribution is -2.55. The van der Waals surface area contributed by atoms with E-state index in [2.05, 4.69) is 81.8 Å². The Labute approximate surface area is 785 Å². The molecule has 0 bridgehead atoms. The van der Waals surface area contributed by atoms with Crippen molar-refractivity contribution >= 4 is 133 Å². The molecule has 6 fully saturated rings.